The molecular weight excluding hydrogens is 368 g/mol. The maximum atomic E-state index is 11.8. The van der Waals surface area contributed by atoms with Crippen LogP contribution in [0.25, 0.3) is 0 Å². The highest BCUT2D eigenvalue weighted by molar-refractivity contribution is 5.72. The van der Waals surface area contributed by atoms with Crippen molar-refractivity contribution in [1.29, 1.82) is 0 Å². The third-order valence-corrected chi connectivity index (χ3v) is 6.13. The Bertz CT molecular complexity index is 374. The van der Waals surface area contributed by atoms with E-state index in [2.05, 4.69) is 6.92 Å². The van der Waals surface area contributed by atoms with Crippen molar-refractivity contribution in [1.82, 2.24) is 0 Å². The molecule has 0 aromatic rings. The van der Waals surface area contributed by atoms with Crippen molar-refractivity contribution in [3.8, 4) is 0 Å². The van der Waals surface area contributed by atoms with Crippen LogP contribution < -0.4 is 0 Å². The van der Waals surface area contributed by atoms with Crippen molar-refractivity contribution in [2.24, 2.45) is 11.8 Å². The van der Waals surface area contributed by atoms with Gasteiger partial charge in [0, 0.05) is 5.92 Å². The fraction of sp³-hybridized carbons (Fsp3) is 0.958. The Labute approximate surface area is 179 Å². The summed E-state index contributed by atoms with van der Waals surface area (Å²) in [5, 5.41) is 29.1. The molecule has 0 aromatic carbocycles. The Morgan fingerprint density at radius 1 is 0.793 bits per heavy atom. The zero-order chi connectivity index (χ0) is 21.9. The van der Waals surface area contributed by atoms with Crippen LogP contribution in [0.5, 0.6) is 0 Å². The van der Waals surface area contributed by atoms with E-state index in [0.717, 1.165) is 19.3 Å². The van der Waals surface area contributed by atoms with Gasteiger partial charge >= 0.3 is 5.97 Å². The Kier molecular flexibility index (Phi) is 18.9. The number of carbonyl (C=O) groups excluding carboxylic acids is 1. The van der Waals surface area contributed by atoms with Crippen molar-refractivity contribution in [2.75, 3.05) is 13.7 Å². The third-order valence-electron chi connectivity index (χ3n) is 6.13. The fourth-order valence-electron chi connectivity index (χ4n) is 4.05. The number of rotatable bonds is 20. The lowest BCUT2D eigenvalue weighted by Crippen LogP contribution is -2.41. The highest BCUT2D eigenvalue weighted by atomic mass is 16.5. The maximum absolute atomic E-state index is 11.8. The van der Waals surface area contributed by atoms with Gasteiger partial charge in [0.05, 0.1) is 25.7 Å². The maximum Gasteiger partial charge on any atom is 0.308 e. The molecule has 0 amide bonds. The second-order valence-electron chi connectivity index (χ2n) is 8.60. The first-order chi connectivity index (χ1) is 14.0. The first-order valence-corrected chi connectivity index (χ1v) is 12.0. The van der Waals surface area contributed by atoms with Gasteiger partial charge in [-0.3, -0.25) is 4.79 Å². The largest absolute Gasteiger partial charge is 0.469 e. The molecule has 0 aliphatic rings. The zero-order valence-electron chi connectivity index (χ0n) is 19.3. The summed E-state index contributed by atoms with van der Waals surface area (Å²) in [5.74, 6) is -1.29. The molecule has 0 saturated carbocycles. The van der Waals surface area contributed by atoms with Crippen LogP contribution in [0.2, 0.25) is 0 Å². The molecule has 5 heteroatoms. The molecule has 0 spiro atoms. The number of esters is 1. The molecule has 0 fully saturated rings. The Morgan fingerprint density at radius 2 is 1.21 bits per heavy atom. The molecule has 0 aromatic heterocycles. The van der Waals surface area contributed by atoms with E-state index in [1.807, 2.05) is 0 Å². The Morgan fingerprint density at radius 3 is 1.59 bits per heavy atom. The summed E-state index contributed by atoms with van der Waals surface area (Å²) in [6, 6.07) is 0. The highest BCUT2D eigenvalue weighted by Gasteiger charge is 2.34. The van der Waals surface area contributed by atoms with Crippen molar-refractivity contribution in [3.05, 3.63) is 0 Å². The van der Waals surface area contributed by atoms with Gasteiger partial charge in [-0.25, -0.2) is 0 Å². The molecule has 0 unspecified atom stereocenters. The second kappa shape index (κ2) is 19.3. The lowest BCUT2D eigenvalue weighted by atomic mass is 9.82. The minimum Gasteiger partial charge on any atom is -0.469 e. The summed E-state index contributed by atoms with van der Waals surface area (Å²) in [6.45, 7) is 3.46. The topological polar surface area (TPSA) is 87.0 Å². The molecule has 3 N–H and O–H groups in total. The lowest BCUT2D eigenvalue weighted by Gasteiger charge is -2.29. The van der Waals surface area contributed by atoms with Crippen molar-refractivity contribution in [3.63, 3.8) is 0 Å². The van der Waals surface area contributed by atoms with E-state index >= 15 is 0 Å². The Balaban J connectivity index is 3.83. The number of hydrogen-bond acceptors (Lipinski definition) is 5. The quantitative estimate of drug-likeness (QED) is 0.192. The van der Waals surface area contributed by atoms with Crippen LogP contribution in [-0.2, 0) is 9.53 Å². The van der Waals surface area contributed by atoms with Crippen molar-refractivity contribution >= 4 is 5.97 Å². The third kappa shape index (κ3) is 14.1. The van der Waals surface area contributed by atoms with Gasteiger partial charge in [0.1, 0.15) is 6.10 Å². The molecule has 0 saturated heterocycles. The van der Waals surface area contributed by atoms with Gasteiger partial charge in [0.2, 0.25) is 0 Å². The van der Waals surface area contributed by atoms with E-state index in [9.17, 15) is 15.0 Å². The van der Waals surface area contributed by atoms with Crippen molar-refractivity contribution in [2.45, 2.75) is 122 Å². The number of aliphatic hydroxyl groups excluding tert-OH is 3. The van der Waals surface area contributed by atoms with Gasteiger partial charge in [-0.1, -0.05) is 104 Å². The lowest BCUT2D eigenvalue weighted by molar-refractivity contribution is -0.150. The van der Waals surface area contributed by atoms with Gasteiger partial charge in [0.15, 0.2) is 0 Å². The van der Waals surface area contributed by atoms with E-state index in [1.165, 1.54) is 77.7 Å². The highest BCUT2D eigenvalue weighted by Crippen LogP contribution is 2.26. The number of unbranched alkanes of at least 4 members (excludes halogenated alkanes) is 13. The summed E-state index contributed by atoms with van der Waals surface area (Å²) in [5.41, 5.74) is 0. The van der Waals surface area contributed by atoms with Crippen LogP contribution in [0.15, 0.2) is 0 Å². The molecule has 0 rings (SSSR count). The molecule has 0 radical (unpaired) electrons. The molecule has 0 aliphatic carbocycles. The summed E-state index contributed by atoms with van der Waals surface area (Å²) < 4.78 is 4.79. The first kappa shape index (κ1) is 28.4. The number of hydrogen-bond donors (Lipinski definition) is 3. The SMILES string of the molecule is CCCCCCCCCCCCCCCC[C@H]([C@H](O)[C@@H](O)CO)[C@H](C)C(=O)OC. The average Bonchev–Trinajstić information content (AvgIpc) is 2.74. The van der Waals surface area contributed by atoms with E-state index in [-0.39, 0.29) is 5.97 Å². The molecule has 0 aliphatic heterocycles. The minimum absolute atomic E-state index is 0.385. The molecule has 0 heterocycles. The van der Waals surface area contributed by atoms with Crippen LogP contribution >= 0.6 is 0 Å². The monoisotopic (exact) mass is 416 g/mol. The predicted molar refractivity (Wildman–Crippen MR) is 119 cm³/mol. The van der Waals surface area contributed by atoms with Crippen LogP contribution in [0.4, 0.5) is 0 Å². The molecule has 4 atom stereocenters. The molecular formula is C24H48O5. The van der Waals surface area contributed by atoms with Crippen LogP contribution in [0.1, 0.15) is 110 Å². The fourth-order valence-corrected chi connectivity index (χ4v) is 4.05. The van der Waals surface area contributed by atoms with Crippen LogP contribution in [0, 0.1) is 11.8 Å². The molecule has 29 heavy (non-hydrogen) atoms. The van der Waals surface area contributed by atoms with Gasteiger partial charge in [-0.15, -0.1) is 0 Å². The number of aliphatic hydroxyl groups is 3. The number of ether oxygens (including phenoxy) is 1. The molecule has 0 bridgehead atoms. The standard InChI is InChI=1S/C24H48O5/c1-4-5-6-7-8-9-10-11-12-13-14-15-16-17-18-21(20(2)24(28)29-3)23(27)22(26)19-25/h20-23,25-27H,4-19H2,1-3H3/t20-,21-,22-,23-/m0/s1. The van der Waals surface area contributed by atoms with Gasteiger partial charge in [0.25, 0.3) is 0 Å². The first-order valence-electron chi connectivity index (χ1n) is 12.0. The van der Waals surface area contributed by atoms with Crippen LogP contribution in [0.3, 0.4) is 0 Å². The normalized spacial score (nSPS) is 15.7. The summed E-state index contributed by atoms with van der Waals surface area (Å²) in [7, 11) is 1.33. The Hall–Kier alpha value is -0.650. The minimum atomic E-state index is -1.22. The molecule has 174 valence electrons. The van der Waals surface area contributed by atoms with Gasteiger partial charge in [-0.2, -0.15) is 0 Å². The van der Waals surface area contributed by atoms with Gasteiger partial charge < -0.3 is 20.1 Å². The summed E-state index contributed by atoms with van der Waals surface area (Å²) >= 11 is 0. The van der Waals surface area contributed by atoms with Gasteiger partial charge in [-0.05, 0) is 6.42 Å². The average molecular weight is 417 g/mol. The zero-order valence-corrected chi connectivity index (χ0v) is 19.3. The van der Waals surface area contributed by atoms with Crippen molar-refractivity contribution < 1.29 is 24.9 Å². The second-order valence-corrected chi connectivity index (χ2v) is 8.60. The van der Waals surface area contributed by atoms with E-state index < -0.39 is 30.7 Å². The predicted octanol–water partition coefficient (Wildman–Crippen LogP) is 5.00. The summed E-state index contributed by atoms with van der Waals surface area (Å²) in [6.07, 6.45) is 16.2. The smallest absolute Gasteiger partial charge is 0.308 e. The van der Waals surface area contributed by atoms with E-state index in [1.54, 1.807) is 6.92 Å². The van der Waals surface area contributed by atoms with E-state index in [4.69, 9.17) is 9.84 Å². The molecule has 5 nitrogen and oxygen atoms in total. The number of methoxy groups -OCH3 is 1. The summed E-state index contributed by atoms with van der Waals surface area (Å²) in [4.78, 5) is 11.8. The van der Waals surface area contributed by atoms with Crippen LogP contribution in [-0.4, -0.2) is 47.2 Å². The van der Waals surface area contributed by atoms with E-state index in [0.29, 0.717) is 6.42 Å². The number of carbonyl (C=O) groups is 1.